The molecular formula is C18H29F3N4. The van der Waals surface area contributed by atoms with E-state index in [-0.39, 0.29) is 18.5 Å². The van der Waals surface area contributed by atoms with Crippen LogP contribution in [0.15, 0.2) is 35.3 Å². The molecule has 0 heterocycles. The number of nitrogens with one attached hydrogen (secondary N) is 2. The monoisotopic (exact) mass is 358 g/mol. The third-order valence-corrected chi connectivity index (χ3v) is 3.98. The van der Waals surface area contributed by atoms with Gasteiger partial charge in [-0.3, -0.25) is 9.89 Å². The number of benzene rings is 1. The summed E-state index contributed by atoms with van der Waals surface area (Å²) in [5.41, 5.74) is 1.23. The number of rotatable bonds is 8. The number of hydrogen-bond acceptors (Lipinski definition) is 2. The van der Waals surface area contributed by atoms with Gasteiger partial charge in [0.05, 0.1) is 13.1 Å². The number of nitrogens with zero attached hydrogens (tertiary/aromatic N) is 2. The van der Waals surface area contributed by atoms with E-state index >= 15 is 0 Å². The molecule has 0 aliphatic rings. The van der Waals surface area contributed by atoms with Crippen LogP contribution in [-0.2, 0) is 0 Å². The van der Waals surface area contributed by atoms with E-state index in [1.165, 1.54) is 17.5 Å². The summed E-state index contributed by atoms with van der Waals surface area (Å²) in [6.07, 6.45) is -4.18. The van der Waals surface area contributed by atoms with E-state index in [0.29, 0.717) is 19.0 Å². The van der Waals surface area contributed by atoms with E-state index in [2.05, 4.69) is 41.6 Å². The first-order chi connectivity index (χ1) is 11.7. The Hall–Kier alpha value is -1.76. The lowest BCUT2D eigenvalue weighted by Crippen LogP contribution is -2.44. The molecule has 25 heavy (non-hydrogen) atoms. The predicted octanol–water partition coefficient (Wildman–Crippen LogP) is 3.23. The van der Waals surface area contributed by atoms with Gasteiger partial charge in [-0.1, -0.05) is 37.3 Å². The van der Waals surface area contributed by atoms with Crippen molar-refractivity contribution in [1.29, 1.82) is 0 Å². The Labute approximate surface area is 148 Å². The maximum atomic E-state index is 12.3. The Balaban J connectivity index is 2.57. The standard InChI is InChI=1S/C18H29F3N4/c1-5-22-17(23-11-12-25(4)13-18(19,20)21)24-15(3)14(2)16-9-7-6-8-10-16/h6-10,14-15H,5,11-13H2,1-4H3,(H2,22,23,24). The molecule has 0 aliphatic carbocycles. The molecule has 4 nitrogen and oxygen atoms in total. The largest absolute Gasteiger partial charge is 0.401 e. The molecule has 2 N–H and O–H groups in total. The summed E-state index contributed by atoms with van der Waals surface area (Å²) in [4.78, 5) is 5.61. The highest BCUT2D eigenvalue weighted by molar-refractivity contribution is 5.80. The fraction of sp³-hybridized carbons (Fsp3) is 0.611. The van der Waals surface area contributed by atoms with Crippen LogP contribution in [0.3, 0.4) is 0 Å². The molecule has 0 aromatic heterocycles. The van der Waals surface area contributed by atoms with Gasteiger partial charge in [0.15, 0.2) is 5.96 Å². The molecule has 1 aromatic carbocycles. The lowest BCUT2D eigenvalue weighted by molar-refractivity contribution is -0.142. The summed E-state index contributed by atoms with van der Waals surface area (Å²) in [5.74, 6) is 0.899. The van der Waals surface area contributed by atoms with E-state index in [1.807, 2.05) is 25.1 Å². The zero-order chi connectivity index (χ0) is 18.9. The second-order valence-corrected chi connectivity index (χ2v) is 6.25. The topological polar surface area (TPSA) is 39.7 Å². The molecule has 1 rings (SSSR count). The van der Waals surface area contributed by atoms with E-state index in [0.717, 1.165) is 0 Å². The molecule has 0 amide bonds. The van der Waals surface area contributed by atoms with Gasteiger partial charge in [-0.15, -0.1) is 0 Å². The average Bonchev–Trinajstić information content (AvgIpc) is 2.53. The molecule has 0 radical (unpaired) electrons. The van der Waals surface area contributed by atoms with Gasteiger partial charge in [-0.25, -0.2) is 0 Å². The molecule has 0 aliphatic heterocycles. The quantitative estimate of drug-likeness (QED) is 0.554. The maximum Gasteiger partial charge on any atom is 0.401 e. The van der Waals surface area contributed by atoms with Gasteiger partial charge < -0.3 is 10.6 Å². The van der Waals surface area contributed by atoms with Gasteiger partial charge in [-0.2, -0.15) is 13.2 Å². The van der Waals surface area contributed by atoms with Gasteiger partial charge in [-0.05, 0) is 26.5 Å². The smallest absolute Gasteiger partial charge is 0.357 e. The third kappa shape index (κ3) is 8.77. The van der Waals surface area contributed by atoms with E-state index in [1.54, 1.807) is 0 Å². The van der Waals surface area contributed by atoms with Crippen molar-refractivity contribution in [2.45, 2.75) is 38.9 Å². The van der Waals surface area contributed by atoms with Crippen LogP contribution in [0.1, 0.15) is 32.3 Å². The second-order valence-electron chi connectivity index (χ2n) is 6.25. The Morgan fingerprint density at radius 2 is 1.84 bits per heavy atom. The fourth-order valence-corrected chi connectivity index (χ4v) is 2.42. The van der Waals surface area contributed by atoms with Crippen molar-refractivity contribution in [3.63, 3.8) is 0 Å². The Morgan fingerprint density at radius 3 is 2.40 bits per heavy atom. The average molecular weight is 358 g/mol. The lowest BCUT2D eigenvalue weighted by atomic mass is 9.94. The Kier molecular flexibility index (Phi) is 8.75. The van der Waals surface area contributed by atoms with Crippen molar-refractivity contribution in [2.24, 2.45) is 4.99 Å². The van der Waals surface area contributed by atoms with Gasteiger partial charge >= 0.3 is 6.18 Å². The zero-order valence-corrected chi connectivity index (χ0v) is 15.4. The molecule has 2 unspecified atom stereocenters. The van der Waals surface area contributed by atoms with Crippen molar-refractivity contribution in [1.82, 2.24) is 15.5 Å². The molecule has 0 bridgehead atoms. The first-order valence-electron chi connectivity index (χ1n) is 8.58. The van der Waals surface area contributed by atoms with Crippen molar-refractivity contribution >= 4 is 5.96 Å². The van der Waals surface area contributed by atoms with Gasteiger partial charge in [0, 0.05) is 25.0 Å². The van der Waals surface area contributed by atoms with Crippen molar-refractivity contribution in [3.8, 4) is 0 Å². The number of aliphatic imine (C=N–C) groups is 1. The van der Waals surface area contributed by atoms with Crippen LogP contribution in [0.4, 0.5) is 13.2 Å². The fourth-order valence-electron chi connectivity index (χ4n) is 2.42. The number of alkyl halides is 3. The van der Waals surface area contributed by atoms with Crippen LogP contribution >= 0.6 is 0 Å². The van der Waals surface area contributed by atoms with Crippen molar-refractivity contribution in [3.05, 3.63) is 35.9 Å². The third-order valence-electron chi connectivity index (χ3n) is 3.98. The molecule has 0 fully saturated rings. The molecule has 2 atom stereocenters. The molecule has 0 spiro atoms. The van der Waals surface area contributed by atoms with Gasteiger partial charge in [0.2, 0.25) is 0 Å². The summed E-state index contributed by atoms with van der Waals surface area (Å²) in [7, 11) is 1.45. The maximum absolute atomic E-state index is 12.3. The van der Waals surface area contributed by atoms with Crippen LogP contribution in [0, 0.1) is 0 Å². The number of halogens is 3. The highest BCUT2D eigenvalue weighted by atomic mass is 19.4. The molecule has 0 saturated heterocycles. The first kappa shape index (κ1) is 21.3. The first-order valence-corrected chi connectivity index (χ1v) is 8.58. The molecule has 7 heteroatoms. The molecular weight excluding hydrogens is 329 g/mol. The highest BCUT2D eigenvalue weighted by Gasteiger charge is 2.28. The minimum absolute atomic E-state index is 0.133. The molecule has 1 aromatic rings. The minimum Gasteiger partial charge on any atom is -0.357 e. The van der Waals surface area contributed by atoms with Crippen LogP contribution in [-0.4, -0.2) is 56.3 Å². The van der Waals surface area contributed by atoms with Crippen molar-refractivity contribution < 1.29 is 13.2 Å². The second kappa shape index (κ2) is 10.3. The summed E-state index contributed by atoms with van der Waals surface area (Å²) in [6.45, 7) is 6.48. The van der Waals surface area contributed by atoms with Gasteiger partial charge in [0.1, 0.15) is 0 Å². The SMILES string of the molecule is CCNC(=NCCN(C)CC(F)(F)F)NC(C)C(C)c1ccccc1. The van der Waals surface area contributed by atoms with Crippen LogP contribution in [0.5, 0.6) is 0 Å². The minimum atomic E-state index is -4.18. The number of hydrogen-bond donors (Lipinski definition) is 2. The summed E-state index contributed by atoms with van der Waals surface area (Å²) < 4.78 is 37.0. The summed E-state index contributed by atoms with van der Waals surface area (Å²) in [5, 5.41) is 6.48. The Morgan fingerprint density at radius 1 is 1.20 bits per heavy atom. The number of guanidine groups is 1. The lowest BCUT2D eigenvalue weighted by Gasteiger charge is -2.24. The van der Waals surface area contributed by atoms with Crippen LogP contribution in [0.25, 0.3) is 0 Å². The van der Waals surface area contributed by atoms with Crippen LogP contribution < -0.4 is 10.6 Å². The zero-order valence-electron chi connectivity index (χ0n) is 15.4. The molecule has 142 valence electrons. The van der Waals surface area contributed by atoms with E-state index in [4.69, 9.17) is 0 Å². The van der Waals surface area contributed by atoms with E-state index in [9.17, 15) is 13.2 Å². The number of likely N-dealkylation sites (N-methyl/N-ethyl adjacent to an activating group) is 1. The van der Waals surface area contributed by atoms with Gasteiger partial charge in [0.25, 0.3) is 0 Å². The summed E-state index contributed by atoms with van der Waals surface area (Å²) >= 11 is 0. The van der Waals surface area contributed by atoms with Crippen molar-refractivity contribution in [2.75, 3.05) is 33.2 Å². The van der Waals surface area contributed by atoms with Crippen LogP contribution in [0.2, 0.25) is 0 Å². The summed E-state index contributed by atoms with van der Waals surface area (Å²) in [6, 6.07) is 10.3. The highest BCUT2D eigenvalue weighted by Crippen LogP contribution is 2.18. The molecule has 0 saturated carbocycles. The normalized spacial score (nSPS) is 15.1. The Bertz CT molecular complexity index is 517. The van der Waals surface area contributed by atoms with E-state index < -0.39 is 12.7 Å². The predicted molar refractivity (Wildman–Crippen MR) is 97.0 cm³/mol.